The Bertz CT molecular complexity index is 747. The Morgan fingerprint density at radius 3 is 2.65 bits per heavy atom. The van der Waals surface area contributed by atoms with Gasteiger partial charge in [-0.15, -0.1) is 12.4 Å². The van der Waals surface area contributed by atoms with Crippen molar-refractivity contribution in [3.8, 4) is 5.75 Å². The molecule has 0 bridgehead atoms. The lowest BCUT2D eigenvalue weighted by atomic mass is 9.81. The fourth-order valence-corrected chi connectivity index (χ4v) is 4.55. The van der Waals surface area contributed by atoms with Crippen LogP contribution in [-0.2, 0) is 12.8 Å². The maximum Gasteiger partial charge on any atom is 0.126 e. The Kier molecular flexibility index (Phi) is 5.61. The van der Waals surface area contributed by atoms with E-state index in [1.165, 1.54) is 23.1 Å². The molecule has 2 aromatic rings. The molecule has 3 nitrogen and oxygen atoms in total. The van der Waals surface area contributed by atoms with Crippen molar-refractivity contribution in [2.45, 2.75) is 51.2 Å². The number of para-hydroxylation sites is 1. The third kappa shape index (κ3) is 3.75. The maximum absolute atomic E-state index is 6.41. The molecule has 0 unspecified atom stereocenters. The molecule has 2 aliphatic rings. The quantitative estimate of drug-likeness (QED) is 0.794. The first-order valence-electron chi connectivity index (χ1n) is 9.39. The monoisotopic (exact) mass is 372 g/mol. The first-order chi connectivity index (χ1) is 12.0. The molecule has 2 N–H and O–H groups in total. The second kappa shape index (κ2) is 7.59. The number of nitrogens with two attached hydrogens (primary N) is 1. The maximum atomic E-state index is 6.41. The molecule has 2 atom stereocenters. The third-order valence-electron chi connectivity index (χ3n) is 5.59. The highest BCUT2D eigenvalue weighted by atomic mass is 35.5. The zero-order valence-corrected chi connectivity index (χ0v) is 16.5. The van der Waals surface area contributed by atoms with Gasteiger partial charge in [0.25, 0.3) is 0 Å². The van der Waals surface area contributed by atoms with Gasteiger partial charge in [-0.1, -0.05) is 48.5 Å². The summed E-state index contributed by atoms with van der Waals surface area (Å²) < 4.78 is 6.29. The Morgan fingerprint density at radius 2 is 1.88 bits per heavy atom. The third-order valence-corrected chi connectivity index (χ3v) is 5.59. The predicted octanol–water partition coefficient (Wildman–Crippen LogP) is 4.69. The van der Waals surface area contributed by atoms with Crippen molar-refractivity contribution in [1.82, 2.24) is 5.01 Å². The van der Waals surface area contributed by atoms with Crippen LogP contribution in [0.2, 0.25) is 0 Å². The zero-order chi connectivity index (χ0) is 17.4. The molecule has 2 aliphatic heterocycles. The smallest absolute Gasteiger partial charge is 0.126 e. The number of benzene rings is 2. The zero-order valence-electron chi connectivity index (χ0n) is 15.7. The molecule has 0 saturated carbocycles. The molecule has 2 heterocycles. The molecular weight excluding hydrogens is 344 g/mol. The number of fused-ring (bicyclic) bond motifs is 1. The molecule has 0 aromatic heterocycles. The van der Waals surface area contributed by atoms with Gasteiger partial charge in [0.15, 0.2) is 0 Å². The lowest BCUT2D eigenvalue weighted by Gasteiger charge is -2.39. The summed E-state index contributed by atoms with van der Waals surface area (Å²) in [5, 5.41) is 2.04. The van der Waals surface area contributed by atoms with Crippen molar-refractivity contribution in [1.29, 1.82) is 0 Å². The average molecular weight is 373 g/mol. The van der Waals surface area contributed by atoms with Gasteiger partial charge in [0.2, 0.25) is 0 Å². The fourth-order valence-electron chi connectivity index (χ4n) is 4.55. The lowest BCUT2D eigenvalue weighted by Crippen LogP contribution is -2.44. The number of rotatable bonds is 3. The number of piperidine rings is 1. The summed E-state index contributed by atoms with van der Waals surface area (Å²) in [5.41, 5.74) is 3.91. The SMILES string of the molecule is CC1(C)Cc2cccc(C[C@@H]3CCCN(N)[C@@H]3c3ccccc3)c2O1.Cl. The topological polar surface area (TPSA) is 38.5 Å². The minimum atomic E-state index is -0.0935. The van der Waals surface area contributed by atoms with E-state index in [1.807, 2.05) is 5.01 Å². The van der Waals surface area contributed by atoms with Crippen LogP contribution < -0.4 is 10.6 Å². The van der Waals surface area contributed by atoms with Crippen molar-refractivity contribution in [2.75, 3.05) is 6.54 Å². The van der Waals surface area contributed by atoms with Crippen LogP contribution in [0.1, 0.15) is 49.4 Å². The van der Waals surface area contributed by atoms with E-state index in [0.29, 0.717) is 5.92 Å². The molecule has 2 aromatic carbocycles. The standard InChI is InChI=1S/C22H28N2O.ClH/c1-22(2)15-19-11-6-10-18(21(19)25-22)14-17-12-7-13-24(23)20(17)16-8-4-3-5-9-16;/h3-6,8-11,17,20H,7,12-15,23H2,1-2H3;1H/t17-,20+;/m0./s1. The van der Waals surface area contributed by atoms with Gasteiger partial charge in [-0.2, -0.15) is 0 Å². The summed E-state index contributed by atoms with van der Waals surface area (Å²) in [6.45, 7) is 5.31. The van der Waals surface area contributed by atoms with Crippen LogP contribution in [0.4, 0.5) is 0 Å². The number of hydrazine groups is 1. The molecule has 1 fully saturated rings. The number of hydrogen-bond donors (Lipinski definition) is 1. The van der Waals surface area contributed by atoms with Crippen molar-refractivity contribution < 1.29 is 4.74 Å². The first kappa shape index (κ1) is 19.2. The number of hydrogen-bond acceptors (Lipinski definition) is 3. The summed E-state index contributed by atoms with van der Waals surface area (Å²) in [7, 11) is 0. The number of nitrogens with zero attached hydrogens (tertiary/aromatic N) is 1. The minimum Gasteiger partial charge on any atom is -0.487 e. The van der Waals surface area contributed by atoms with Crippen molar-refractivity contribution >= 4 is 12.4 Å². The molecule has 4 heteroatoms. The summed E-state index contributed by atoms with van der Waals surface area (Å²) in [6, 6.07) is 17.6. The van der Waals surface area contributed by atoms with Crippen LogP contribution in [0.25, 0.3) is 0 Å². The van der Waals surface area contributed by atoms with Gasteiger partial charge in [-0.3, -0.25) is 5.84 Å². The highest BCUT2D eigenvalue weighted by Gasteiger charge is 2.35. The molecular formula is C22H29ClN2O. The molecule has 0 amide bonds. The van der Waals surface area contributed by atoms with Crippen LogP contribution >= 0.6 is 12.4 Å². The van der Waals surface area contributed by atoms with Gasteiger partial charge >= 0.3 is 0 Å². The van der Waals surface area contributed by atoms with Gasteiger partial charge < -0.3 is 4.74 Å². The molecule has 26 heavy (non-hydrogen) atoms. The average Bonchev–Trinajstić information content (AvgIpc) is 2.91. The Balaban J connectivity index is 0.00000196. The van der Waals surface area contributed by atoms with E-state index in [1.54, 1.807) is 0 Å². The van der Waals surface area contributed by atoms with Crippen molar-refractivity contribution in [3.05, 3.63) is 65.2 Å². The summed E-state index contributed by atoms with van der Waals surface area (Å²) in [5.74, 6) is 8.05. The molecule has 0 spiro atoms. The second-order valence-electron chi connectivity index (χ2n) is 8.14. The van der Waals surface area contributed by atoms with Gasteiger partial charge in [-0.05, 0) is 55.7 Å². The Labute approximate surface area is 162 Å². The van der Waals surface area contributed by atoms with Gasteiger partial charge in [0.05, 0.1) is 6.04 Å². The van der Waals surface area contributed by atoms with E-state index in [4.69, 9.17) is 10.6 Å². The summed E-state index contributed by atoms with van der Waals surface area (Å²) in [6.07, 6.45) is 4.38. The van der Waals surface area contributed by atoms with Crippen LogP contribution in [0, 0.1) is 5.92 Å². The highest BCUT2D eigenvalue weighted by Crippen LogP contribution is 2.42. The van der Waals surface area contributed by atoms with E-state index >= 15 is 0 Å². The first-order valence-corrected chi connectivity index (χ1v) is 9.39. The lowest BCUT2D eigenvalue weighted by molar-refractivity contribution is 0.0909. The predicted molar refractivity (Wildman–Crippen MR) is 109 cm³/mol. The fraction of sp³-hybridized carbons (Fsp3) is 0.455. The van der Waals surface area contributed by atoms with Gasteiger partial charge in [-0.25, -0.2) is 5.01 Å². The van der Waals surface area contributed by atoms with E-state index in [2.05, 4.69) is 62.4 Å². The van der Waals surface area contributed by atoms with E-state index in [9.17, 15) is 0 Å². The number of halogens is 1. The molecule has 0 radical (unpaired) electrons. The number of ether oxygens (including phenoxy) is 1. The molecule has 4 rings (SSSR count). The van der Waals surface area contributed by atoms with E-state index in [0.717, 1.165) is 31.6 Å². The summed E-state index contributed by atoms with van der Waals surface area (Å²) in [4.78, 5) is 0. The van der Waals surface area contributed by atoms with E-state index < -0.39 is 0 Å². The van der Waals surface area contributed by atoms with Crippen LogP contribution in [0.15, 0.2) is 48.5 Å². The Hall–Kier alpha value is -1.55. The Morgan fingerprint density at radius 1 is 1.12 bits per heavy atom. The second-order valence-corrected chi connectivity index (χ2v) is 8.14. The van der Waals surface area contributed by atoms with Crippen molar-refractivity contribution in [2.24, 2.45) is 11.8 Å². The van der Waals surface area contributed by atoms with Gasteiger partial charge in [0, 0.05) is 13.0 Å². The summed E-state index contributed by atoms with van der Waals surface area (Å²) >= 11 is 0. The minimum absolute atomic E-state index is 0. The van der Waals surface area contributed by atoms with Crippen LogP contribution in [0.3, 0.4) is 0 Å². The largest absolute Gasteiger partial charge is 0.487 e. The normalized spacial score (nSPS) is 24.4. The molecule has 1 saturated heterocycles. The van der Waals surface area contributed by atoms with Crippen molar-refractivity contribution in [3.63, 3.8) is 0 Å². The van der Waals surface area contributed by atoms with E-state index in [-0.39, 0.29) is 24.0 Å². The van der Waals surface area contributed by atoms with Gasteiger partial charge in [0.1, 0.15) is 11.4 Å². The van der Waals surface area contributed by atoms with Crippen LogP contribution in [-0.4, -0.2) is 17.2 Å². The molecule has 0 aliphatic carbocycles. The molecule has 140 valence electrons. The highest BCUT2D eigenvalue weighted by molar-refractivity contribution is 5.85. The van der Waals surface area contributed by atoms with Crippen LogP contribution in [0.5, 0.6) is 5.75 Å².